The van der Waals surface area contributed by atoms with Gasteiger partial charge in [-0.05, 0) is 61.9 Å². The van der Waals surface area contributed by atoms with Gasteiger partial charge in [-0.1, -0.05) is 31.9 Å². The third-order valence-electron chi connectivity index (χ3n) is 5.02. The van der Waals surface area contributed by atoms with Crippen molar-refractivity contribution < 1.29 is 4.39 Å². The van der Waals surface area contributed by atoms with E-state index in [9.17, 15) is 4.39 Å². The molecule has 0 spiro atoms. The van der Waals surface area contributed by atoms with Gasteiger partial charge in [0.15, 0.2) is 0 Å². The maximum absolute atomic E-state index is 14.6. The summed E-state index contributed by atoms with van der Waals surface area (Å²) in [5.74, 6) is 0.531. The lowest BCUT2D eigenvalue weighted by atomic mass is 9.69. The first-order valence-corrected chi connectivity index (χ1v) is 8.50. The summed E-state index contributed by atoms with van der Waals surface area (Å²) in [6, 6.07) is 5.58. The smallest absolute Gasteiger partial charge is 0.142 e. The topological polar surface area (TPSA) is 15.3 Å². The van der Waals surface area contributed by atoms with Crippen LogP contribution in [0.3, 0.4) is 0 Å². The van der Waals surface area contributed by atoms with E-state index in [2.05, 4.69) is 47.2 Å². The Balaban J connectivity index is 2.48. The molecule has 1 aliphatic rings. The van der Waals surface area contributed by atoms with E-state index < -0.39 is 0 Å². The highest BCUT2D eigenvalue weighted by Crippen LogP contribution is 2.44. The van der Waals surface area contributed by atoms with Gasteiger partial charge in [0.25, 0.3) is 0 Å². The molecule has 0 aromatic heterocycles. The maximum Gasteiger partial charge on any atom is 0.142 e. The molecule has 1 N–H and O–H groups in total. The average molecular weight is 357 g/mol. The van der Waals surface area contributed by atoms with Crippen molar-refractivity contribution in [2.75, 3.05) is 21.1 Å². The summed E-state index contributed by atoms with van der Waals surface area (Å²) in [5.41, 5.74) is 0.725. The lowest BCUT2D eigenvalue weighted by Crippen LogP contribution is -2.55. The number of benzene rings is 1. The number of nitrogens with zero attached hydrogens (tertiary/aromatic N) is 1. The van der Waals surface area contributed by atoms with Gasteiger partial charge in [0.05, 0.1) is 10.5 Å². The number of nitrogens with one attached hydrogen (secondary N) is 1. The van der Waals surface area contributed by atoms with Crippen molar-refractivity contribution in [3.63, 3.8) is 0 Å². The number of likely N-dealkylation sites (N-methyl/N-ethyl adjacent to an activating group) is 2. The SMILES string of the molecule is CNC(c1cccc(Br)c1F)C1(N(C)C)CCCC(C)C1. The van der Waals surface area contributed by atoms with Crippen LogP contribution < -0.4 is 5.32 Å². The van der Waals surface area contributed by atoms with Crippen molar-refractivity contribution in [3.05, 3.63) is 34.1 Å². The van der Waals surface area contributed by atoms with Gasteiger partial charge in [0.2, 0.25) is 0 Å². The summed E-state index contributed by atoms with van der Waals surface area (Å²) >= 11 is 3.32. The van der Waals surface area contributed by atoms with Crippen LogP contribution in [0, 0.1) is 11.7 Å². The Bertz CT molecular complexity index is 492. The van der Waals surface area contributed by atoms with Crippen molar-refractivity contribution in [2.45, 2.75) is 44.2 Å². The average Bonchev–Trinajstić information content (AvgIpc) is 2.44. The second kappa shape index (κ2) is 6.76. The molecule has 0 radical (unpaired) electrons. The summed E-state index contributed by atoms with van der Waals surface area (Å²) in [7, 11) is 6.19. The van der Waals surface area contributed by atoms with E-state index in [0.717, 1.165) is 18.4 Å². The third-order valence-corrected chi connectivity index (χ3v) is 5.63. The predicted molar refractivity (Wildman–Crippen MR) is 90.0 cm³/mol. The number of hydrogen-bond donors (Lipinski definition) is 1. The van der Waals surface area contributed by atoms with Crippen LogP contribution in [0.1, 0.15) is 44.2 Å². The van der Waals surface area contributed by atoms with Crippen LogP contribution in [0.25, 0.3) is 0 Å². The normalized spacial score (nSPS) is 27.9. The molecule has 0 bridgehead atoms. The van der Waals surface area contributed by atoms with Crippen LogP contribution in [-0.4, -0.2) is 31.6 Å². The first kappa shape index (κ1) is 16.9. The van der Waals surface area contributed by atoms with Crippen molar-refractivity contribution in [2.24, 2.45) is 5.92 Å². The van der Waals surface area contributed by atoms with Crippen LogP contribution in [0.15, 0.2) is 22.7 Å². The summed E-state index contributed by atoms with van der Waals surface area (Å²) in [4.78, 5) is 2.30. The Hall–Kier alpha value is -0.450. The molecule has 0 amide bonds. The zero-order valence-corrected chi connectivity index (χ0v) is 15.0. The van der Waals surface area contributed by atoms with E-state index in [4.69, 9.17) is 0 Å². The van der Waals surface area contributed by atoms with Gasteiger partial charge in [-0.15, -0.1) is 0 Å². The van der Waals surface area contributed by atoms with E-state index in [1.807, 2.05) is 19.2 Å². The predicted octanol–water partition coefficient (Wildman–Crippen LogP) is 4.36. The molecule has 2 nitrogen and oxygen atoms in total. The highest BCUT2D eigenvalue weighted by atomic mass is 79.9. The monoisotopic (exact) mass is 356 g/mol. The minimum absolute atomic E-state index is 0.00671. The second-order valence-corrected chi connectivity index (χ2v) is 7.42. The molecule has 1 aromatic carbocycles. The van der Waals surface area contributed by atoms with Crippen molar-refractivity contribution >= 4 is 15.9 Å². The van der Waals surface area contributed by atoms with Crippen LogP contribution in [0.5, 0.6) is 0 Å². The molecule has 21 heavy (non-hydrogen) atoms. The lowest BCUT2D eigenvalue weighted by molar-refractivity contribution is 0.0381. The Morgan fingerprint density at radius 3 is 2.71 bits per heavy atom. The minimum Gasteiger partial charge on any atom is -0.311 e. The zero-order chi connectivity index (χ0) is 15.6. The summed E-state index contributed by atoms with van der Waals surface area (Å²) in [6.45, 7) is 2.31. The number of rotatable bonds is 4. The molecule has 3 atom stereocenters. The molecule has 4 heteroatoms. The summed E-state index contributed by atoms with van der Waals surface area (Å²) < 4.78 is 15.2. The highest BCUT2D eigenvalue weighted by Gasteiger charge is 2.44. The molecule has 1 saturated carbocycles. The fourth-order valence-electron chi connectivity index (χ4n) is 3.95. The fourth-order valence-corrected chi connectivity index (χ4v) is 4.33. The molecular formula is C17H26BrFN2. The van der Waals surface area contributed by atoms with E-state index in [0.29, 0.717) is 10.4 Å². The lowest BCUT2D eigenvalue weighted by Gasteiger charge is -2.50. The van der Waals surface area contributed by atoms with Crippen molar-refractivity contribution in [1.29, 1.82) is 0 Å². The van der Waals surface area contributed by atoms with Crippen LogP contribution in [-0.2, 0) is 0 Å². The maximum atomic E-state index is 14.6. The fraction of sp³-hybridized carbons (Fsp3) is 0.647. The largest absolute Gasteiger partial charge is 0.311 e. The van der Waals surface area contributed by atoms with Gasteiger partial charge in [0, 0.05) is 11.1 Å². The molecule has 1 fully saturated rings. The van der Waals surface area contributed by atoms with Gasteiger partial charge in [0.1, 0.15) is 5.82 Å². The van der Waals surface area contributed by atoms with E-state index in [1.54, 1.807) is 6.07 Å². The van der Waals surface area contributed by atoms with E-state index in [-0.39, 0.29) is 17.4 Å². The van der Waals surface area contributed by atoms with E-state index >= 15 is 0 Å². The summed E-state index contributed by atoms with van der Waals surface area (Å²) in [6.07, 6.45) is 4.67. The molecular weight excluding hydrogens is 331 g/mol. The minimum atomic E-state index is -0.142. The van der Waals surface area contributed by atoms with Gasteiger partial charge in [-0.25, -0.2) is 4.39 Å². The second-order valence-electron chi connectivity index (χ2n) is 6.56. The Kier molecular flexibility index (Phi) is 5.44. The number of halogens is 2. The van der Waals surface area contributed by atoms with E-state index in [1.165, 1.54) is 12.8 Å². The van der Waals surface area contributed by atoms with Crippen LogP contribution in [0.2, 0.25) is 0 Å². The molecule has 0 saturated heterocycles. The van der Waals surface area contributed by atoms with Gasteiger partial charge >= 0.3 is 0 Å². The van der Waals surface area contributed by atoms with Gasteiger partial charge in [-0.3, -0.25) is 0 Å². The molecule has 1 aromatic rings. The number of hydrogen-bond acceptors (Lipinski definition) is 2. The molecule has 0 aliphatic heterocycles. The van der Waals surface area contributed by atoms with Crippen LogP contribution in [0.4, 0.5) is 4.39 Å². The standard InChI is InChI=1S/C17H26BrFN2/c1-12-7-6-10-17(11-12,21(3)4)16(20-2)13-8-5-9-14(18)15(13)19/h5,8-9,12,16,20H,6-7,10-11H2,1-4H3. The van der Waals surface area contributed by atoms with Crippen molar-refractivity contribution in [1.82, 2.24) is 10.2 Å². The Morgan fingerprint density at radius 2 is 2.14 bits per heavy atom. The zero-order valence-electron chi connectivity index (χ0n) is 13.4. The molecule has 0 heterocycles. The highest BCUT2D eigenvalue weighted by molar-refractivity contribution is 9.10. The van der Waals surface area contributed by atoms with Gasteiger partial charge in [-0.2, -0.15) is 0 Å². The molecule has 1 aliphatic carbocycles. The Morgan fingerprint density at radius 1 is 1.43 bits per heavy atom. The Labute approximate surface area is 136 Å². The molecule has 3 unspecified atom stereocenters. The van der Waals surface area contributed by atoms with Gasteiger partial charge < -0.3 is 10.2 Å². The van der Waals surface area contributed by atoms with Crippen LogP contribution >= 0.6 is 15.9 Å². The first-order chi connectivity index (χ1) is 9.92. The first-order valence-electron chi connectivity index (χ1n) is 7.71. The quantitative estimate of drug-likeness (QED) is 0.861. The molecule has 2 rings (SSSR count). The summed E-state index contributed by atoms with van der Waals surface area (Å²) in [5, 5.41) is 3.40. The third kappa shape index (κ3) is 3.17. The molecule has 118 valence electrons. The van der Waals surface area contributed by atoms with Crippen molar-refractivity contribution in [3.8, 4) is 0 Å².